The number of rotatable bonds is 6. The Labute approximate surface area is 192 Å². The molecule has 1 aromatic heterocycles. The normalized spacial score (nSPS) is 12.2. The molecule has 168 valence electrons. The number of ether oxygens (including phenoxy) is 1. The Hall–Kier alpha value is -3.90. The van der Waals surface area contributed by atoms with Crippen LogP contribution in [0.1, 0.15) is 47.8 Å². The molecule has 3 aromatic carbocycles. The Morgan fingerprint density at radius 3 is 2.39 bits per heavy atom. The van der Waals surface area contributed by atoms with Gasteiger partial charge >= 0.3 is 0 Å². The maximum Gasteiger partial charge on any atom is 0.199 e. The molecule has 0 atom stereocenters. The molecule has 4 rings (SSSR count). The summed E-state index contributed by atoms with van der Waals surface area (Å²) in [7, 11) is 1.60. The minimum atomic E-state index is -0.462. The average Bonchev–Trinajstić information content (AvgIpc) is 3.12. The summed E-state index contributed by atoms with van der Waals surface area (Å²) in [5, 5.41) is 11.6. The number of aromatic hydroxyl groups is 1. The van der Waals surface area contributed by atoms with Crippen molar-refractivity contribution in [3.8, 4) is 11.6 Å². The van der Waals surface area contributed by atoms with E-state index < -0.39 is 5.54 Å². The zero-order chi connectivity index (χ0) is 23.8. The summed E-state index contributed by atoms with van der Waals surface area (Å²) >= 11 is 0. The van der Waals surface area contributed by atoms with Gasteiger partial charge in [-0.25, -0.2) is 4.99 Å². The first-order valence-corrected chi connectivity index (χ1v) is 10.7. The van der Waals surface area contributed by atoms with Gasteiger partial charge in [-0.3, -0.25) is 4.79 Å². The number of nitrogens with zero attached hydrogens (tertiary/aromatic N) is 1. The predicted octanol–water partition coefficient (Wildman–Crippen LogP) is 5.45. The van der Waals surface area contributed by atoms with Gasteiger partial charge in [-0.2, -0.15) is 0 Å². The number of benzene rings is 3. The van der Waals surface area contributed by atoms with Gasteiger partial charge in [-0.05, 0) is 68.8 Å². The van der Waals surface area contributed by atoms with Crippen LogP contribution in [0.15, 0.2) is 71.7 Å². The number of aromatic amines is 1. The van der Waals surface area contributed by atoms with Crippen LogP contribution in [0.3, 0.4) is 0 Å². The molecule has 6 nitrogen and oxygen atoms in total. The summed E-state index contributed by atoms with van der Waals surface area (Å²) < 4.78 is 5.41. The van der Waals surface area contributed by atoms with Crippen molar-refractivity contribution in [1.82, 2.24) is 4.98 Å². The average molecular weight is 442 g/mol. The third kappa shape index (κ3) is 4.52. The van der Waals surface area contributed by atoms with E-state index in [9.17, 15) is 9.90 Å². The van der Waals surface area contributed by atoms with E-state index in [-0.39, 0.29) is 11.7 Å². The van der Waals surface area contributed by atoms with Gasteiger partial charge in [0, 0.05) is 27.6 Å². The molecular weight excluding hydrogens is 414 g/mol. The summed E-state index contributed by atoms with van der Waals surface area (Å²) in [5.74, 6) is 0.597. The van der Waals surface area contributed by atoms with Crippen molar-refractivity contribution in [3.63, 3.8) is 0 Å². The molecule has 0 amide bonds. The van der Waals surface area contributed by atoms with E-state index in [1.54, 1.807) is 25.3 Å². The number of aromatic nitrogens is 1. The van der Waals surface area contributed by atoms with Crippen LogP contribution < -0.4 is 10.5 Å². The van der Waals surface area contributed by atoms with Crippen molar-refractivity contribution in [2.75, 3.05) is 7.11 Å². The second kappa shape index (κ2) is 8.56. The molecule has 4 aromatic rings. The van der Waals surface area contributed by atoms with Gasteiger partial charge in [0.1, 0.15) is 5.75 Å². The van der Waals surface area contributed by atoms with Gasteiger partial charge in [0.2, 0.25) is 0 Å². The lowest BCUT2D eigenvalue weighted by Gasteiger charge is -2.19. The minimum absolute atomic E-state index is 0.0213. The van der Waals surface area contributed by atoms with E-state index in [1.165, 1.54) is 6.92 Å². The van der Waals surface area contributed by atoms with E-state index in [0.29, 0.717) is 39.2 Å². The predicted molar refractivity (Wildman–Crippen MR) is 132 cm³/mol. The highest BCUT2D eigenvalue weighted by molar-refractivity contribution is 6.22. The van der Waals surface area contributed by atoms with Crippen LogP contribution in [0, 0.1) is 0 Å². The number of nitrogens with one attached hydrogen (secondary N) is 1. The van der Waals surface area contributed by atoms with Crippen molar-refractivity contribution in [2.24, 2.45) is 10.7 Å². The summed E-state index contributed by atoms with van der Waals surface area (Å²) in [6, 6.07) is 20.5. The maximum absolute atomic E-state index is 12.0. The Balaban J connectivity index is 1.96. The van der Waals surface area contributed by atoms with Crippen molar-refractivity contribution in [1.29, 1.82) is 0 Å². The Morgan fingerprint density at radius 2 is 1.76 bits per heavy atom. The second-order valence-electron chi connectivity index (χ2n) is 8.63. The molecule has 0 fully saturated rings. The van der Waals surface area contributed by atoms with Gasteiger partial charge in [-0.15, -0.1) is 0 Å². The number of ketones is 1. The fourth-order valence-electron chi connectivity index (χ4n) is 3.77. The van der Waals surface area contributed by atoms with Crippen molar-refractivity contribution in [3.05, 3.63) is 89.0 Å². The Kier molecular flexibility index (Phi) is 5.78. The fourth-order valence-corrected chi connectivity index (χ4v) is 3.77. The molecule has 33 heavy (non-hydrogen) atoms. The van der Waals surface area contributed by atoms with E-state index in [4.69, 9.17) is 15.5 Å². The summed E-state index contributed by atoms with van der Waals surface area (Å²) in [6.45, 7) is 5.41. The topological polar surface area (TPSA) is 101 Å². The molecule has 0 unspecified atom stereocenters. The molecule has 0 saturated carbocycles. The number of fused-ring (bicyclic) bond motifs is 1. The number of methoxy groups -OCH3 is 1. The van der Waals surface area contributed by atoms with Crippen molar-refractivity contribution in [2.45, 2.75) is 26.3 Å². The van der Waals surface area contributed by atoms with E-state index in [2.05, 4.69) is 4.98 Å². The molecule has 4 N–H and O–H groups in total. The molecule has 1 heterocycles. The van der Waals surface area contributed by atoms with Crippen LogP contribution in [-0.4, -0.2) is 28.7 Å². The zero-order valence-electron chi connectivity index (χ0n) is 19.1. The Bertz CT molecular complexity index is 1360. The SMILES string of the molecule is COc1cccc(C(=Nc2ccc(C(C)(C)N)cc2)c2c(O)[nH]c3ccc(C(C)=O)cc23)c1. The van der Waals surface area contributed by atoms with E-state index in [1.807, 2.05) is 62.4 Å². The lowest BCUT2D eigenvalue weighted by Crippen LogP contribution is -2.28. The van der Waals surface area contributed by atoms with Crippen LogP contribution >= 0.6 is 0 Å². The van der Waals surface area contributed by atoms with Gasteiger partial charge in [0.05, 0.1) is 24.1 Å². The molecule has 0 saturated heterocycles. The number of carbonyl (C=O) groups is 1. The largest absolute Gasteiger partial charge is 0.497 e. The quantitative estimate of drug-likeness (QED) is 0.274. The summed E-state index contributed by atoms with van der Waals surface area (Å²) in [4.78, 5) is 19.9. The van der Waals surface area contributed by atoms with E-state index >= 15 is 0 Å². The third-order valence-corrected chi connectivity index (χ3v) is 5.62. The monoisotopic (exact) mass is 441 g/mol. The highest BCUT2D eigenvalue weighted by Crippen LogP contribution is 2.33. The fraction of sp³-hybridized carbons (Fsp3) is 0.185. The van der Waals surface area contributed by atoms with Crippen LogP contribution in [0.5, 0.6) is 11.6 Å². The summed E-state index contributed by atoms with van der Waals surface area (Å²) in [6.07, 6.45) is 0. The first-order valence-electron chi connectivity index (χ1n) is 10.7. The van der Waals surface area contributed by atoms with Crippen molar-refractivity contribution >= 4 is 28.1 Å². The molecule has 0 aliphatic rings. The van der Waals surface area contributed by atoms with Crippen LogP contribution in [-0.2, 0) is 5.54 Å². The number of carbonyl (C=O) groups excluding carboxylic acids is 1. The standard InChI is InChI=1S/C27H27N3O3/c1-16(31)17-8-13-23-22(15-17)24(26(32)30-23)25(18-6-5-7-21(14-18)33-4)29-20-11-9-19(10-12-20)27(2,3)28/h5-15,30,32H,28H2,1-4H3. The molecule has 0 spiro atoms. The molecule has 6 heteroatoms. The third-order valence-electron chi connectivity index (χ3n) is 5.62. The van der Waals surface area contributed by atoms with Crippen molar-refractivity contribution < 1.29 is 14.6 Å². The second-order valence-corrected chi connectivity index (χ2v) is 8.63. The molecule has 0 bridgehead atoms. The molecule has 0 aliphatic carbocycles. The molecular formula is C27H27N3O3. The first-order chi connectivity index (χ1) is 15.7. The smallest absolute Gasteiger partial charge is 0.199 e. The number of nitrogens with two attached hydrogens (primary N) is 1. The molecule has 0 radical (unpaired) electrons. The minimum Gasteiger partial charge on any atom is -0.497 e. The van der Waals surface area contributed by atoms with Crippen LogP contribution in [0.4, 0.5) is 5.69 Å². The lowest BCUT2D eigenvalue weighted by atomic mass is 9.95. The highest BCUT2D eigenvalue weighted by Gasteiger charge is 2.20. The zero-order valence-corrected chi connectivity index (χ0v) is 19.1. The number of hydrogen-bond acceptors (Lipinski definition) is 5. The number of hydrogen-bond donors (Lipinski definition) is 3. The van der Waals surface area contributed by atoms with Crippen LogP contribution in [0.25, 0.3) is 10.9 Å². The maximum atomic E-state index is 12.0. The van der Waals surface area contributed by atoms with E-state index in [0.717, 1.165) is 11.1 Å². The van der Waals surface area contributed by atoms with Gasteiger partial charge in [-0.1, -0.05) is 24.3 Å². The van der Waals surface area contributed by atoms with Crippen LogP contribution in [0.2, 0.25) is 0 Å². The first kappa shape index (κ1) is 22.3. The van der Waals surface area contributed by atoms with Gasteiger partial charge in [0.15, 0.2) is 11.7 Å². The Morgan fingerprint density at radius 1 is 1.03 bits per heavy atom. The number of H-pyrrole nitrogens is 1. The van der Waals surface area contributed by atoms with Gasteiger partial charge < -0.3 is 20.6 Å². The number of Topliss-reactive ketones (excluding diaryl/α,β-unsaturated/α-hetero) is 1. The molecule has 0 aliphatic heterocycles. The number of aliphatic imine (C=N–C) groups is 1. The summed E-state index contributed by atoms with van der Waals surface area (Å²) in [5.41, 5.74) is 10.6. The highest BCUT2D eigenvalue weighted by atomic mass is 16.5. The van der Waals surface area contributed by atoms with Gasteiger partial charge in [0.25, 0.3) is 0 Å². The lowest BCUT2D eigenvalue weighted by molar-refractivity contribution is 0.101.